The molecule has 2 amide bonds. The van der Waals surface area contributed by atoms with Crippen LogP contribution in [0.25, 0.3) is 0 Å². The number of hydrogen-bond donors (Lipinski definition) is 1. The molecule has 0 saturated carbocycles. The smallest absolute Gasteiger partial charge is 0.264 e. The van der Waals surface area contributed by atoms with Gasteiger partial charge in [0.15, 0.2) is 0 Å². The summed E-state index contributed by atoms with van der Waals surface area (Å²) < 4.78 is 29.2. The van der Waals surface area contributed by atoms with Crippen molar-refractivity contribution in [2.24, 2.45) is 5.92 Å². The zero-order chi connectivity index (χ0) is 31.7. The van der Waals surface area contributed by atoms with Crippen molar-refractivity contribution in [1.82, 2.24) is 10.2 Å². The third kappa shape index (κ3) is 8.49. The van der Waals surface area contributed by atoms with E-state index in [2.05, 4.69) is 5.32 Å². The van der Waals surface area contributed by atoms with E-state index in [0.29, 0.717) is 11.6 Å². The lowest BCUT2D eigenvalue weighted by Gasteiger charge is -2.34. The highest BCUT2D eigenvalue weighted by Crippen LogP contribution is 2.29. The van der Waals surface area contributed by atoms with E-state index < -0.39 is 28.5 Å². The van der Waals surface area contributed by atoms with Gasteiger partial charge in [0.05, 0.1) is 10.6 Å². The van der Waals surface area contributed by atoms with Gasteiger partial charge in [0.2, 0.25) is 11.8 Å². The molecule has 0 radical (unpaired) electrons. The van der Waals surface area contributed by atoms with Crippen LogP contribution in [0.2, 0.25) is 5.02 Å². The SMILES string of the molecule is Cc1ccc(N(CC(=O)N(Cc2ccccc2)C(Cc2ccccc2)C(=O)NCC(C)C)S(=O)(=O)c2ccccc2)cc1Cl. The van der Waals surface area contributed by atoms with Crippen LogP contribution in [-0.2, 0) is 32.6 Å². The van der Waals surface area contributed by atoms with Crippen molar-refractivity contribution in [3.05, 3.63) is 131 Å². The first-order chi connectivity index (χ1) is 21.1. The number of nitrogens with one attached hydrogen (secondary N) is 1. The third-order valence-electron chi connectivity index (χ3n) is 7.20. The molecule has 0 fully saturated rings. The highest BCUT2D eigenvalue weighted by atomic mass is 35.5. The highest BCUT2D eigenvalue weighted by molar-refractivity contribution is 7.92. The number of carbonyl (C=O) groups is 2. The van der Waals surface area contributed by atoms with Gasteiger partial charge in [-0.2, -0.15) is 0 Å². The van der Waals surface area contributed by atoms with E-state index in [1.807, 2.05) is 81.4 Å². The molecule has 0 aliphatic carbocycles. The van der Waals surface area contributed by atoms with E-state index >= 15 is 0 Å². The quantitative estimate of drug-likeness (QED) is 0.189. The maximum atomic E-state index is 14.4. The number of anilines is 1. The van der Waals surface area contributed by atoms with Gasteiger partial charge in [-0.3, -0.25) is 13.9 Å². The maximum Gasteiger partial charge on any atom is 0.264 e. The van der Waals surface area contributed by atoms with E-state index in [0.717, 1.165) is 21.0 Å². The standard InChI is InChI=1S/C35H38ClN3O4S/c1-26(2)23-37-35(41)33(21-28-13-7-4-8-14-28)38(24-29-15-9-5-10-16-29)34(40)25-39(30-20-19-27(3)32(36)22-30)44(42,43)31-17-11-6-12-18-31/h4-20,22,26,33H,21,23-25H2,1-3H3,(H,37,41). The molecule has 0 saturated heterocycles. The number of rotatable bonds is 13. The van der Waals surface area contributed by atoms with E-state index in [1.165, 1.54) is 17.0 Å². The van der Waals surface area contributed by atoms with Crippen LogP contribution in [0.4, 0.5) is 5.69 Å². The number of nitrogens with zero attached hydrogens (tertiary/aromatic N) is 2. The van der Waals surface area contributed by atoms with E-state index in [9.17, 15) is 18.0 Å². The van der Waals surface area contributed by atoms with E-state index in [1.54, 1.807) is 36.4 Å². The molecule has 4 aromatic carbocycles. The normalized spacial score (nSPS) is 12.0. The summed E-state index contributed by atoms with van der Waals surface area (Å²) in [6.45, 7) is 5.83. The van der Waals surface area contributed by atoms with Gasteiger partial charge >= 0.3 is 0 Å². The number of carbonyl (C=O) groups excluding carboxylic acids is 2. The summed E-state index contributed by atoms with van der Waals surface area (Å²) in [5, 5.41) is 3.37. The van der Waals surface area contributed by atoms with Crippen LogP contribution in [-0.4, -0.2) is 44.3 Å². The lowest BCUT2D eigenvalue weighted by atomic mass is 10.0. The summed E-state index contributed by atoms with van der Waals surface area (Å²) in [5.41, 5.74) is 2.71. The summed E-state index contributed by atoms with van der Waals surface area (Å²) >= 11 is 6.43. The third-order valence-corrected chi connectivity index (χ3v) is 9.40. The molecule has 4 rings (SSSR count). The Kier molecular flexibility index (Phi) is 11.2. The molecular formula is C35H38ClN3O4S. The van der Waals surface area contributed by atoms with Crippen LogP contribution in [0.1, 0.15) is 30.5 Å². The first kappa shape index (κ1) is 32.8. The molecule has 1 unspecified atom stereocenters. The minimum absolute atomic E-state index is 0.0367. The van der Waals surface area contributed by atoms with Gasteiger partial charge in [-0.15, -0.1) is 0 Å². The summed E-state index contributed by atoms with van der Waals surface area (Å²) in [4.78, 5) is 29.8. The van der Waals surface area contributed by atoms with Crippen molar-refractivity contribution in [1.29, 1.82) is 0 Å². The second-order valence-corrected chi connectivity index (χ2v) is 13.4. The molecule has 1 atom stereocenters. The number of sulfonamides is 1. The van der Waals surface area contributed by atoms with Gasteiger partial charge in [-0.1, -0.05) is 110 Å². The van der Waals surface area contributed by atoms with Crippen LogP contribution in [0.5, 0.6) is 0 Å². The Morgan fingerprint density at radius 2 is 1.39 bits per heavy atom. The van der Waals surface area contributed by atoms with Crippen molar-refractivity contribution in [3.8, 4) is 0 Å². The Labute approximate surface area is 265 Å². The molecule has 4 aromatic rings. The largest absolute Gasteiger partial charge is 0.354 e. The van der Waals surface area contributed by atoms with E-state index in [4.69, 9.17) is 11.6 Å². The Morgan fingerprint density at radius 1 is 0.818 bits per heavy atom. The van der Waals surface area contributed by atoms with Crippen LogP contribution < -0.4 is 9.62 Å². The predicted molar refractivity (Wildman–Crippen MR) is 176 cm³/mol. The second-order valence-electron chi connectivity index (χ2n) is 11.1. The summed E-state index contributed by atoms with van der Waals surface area (Å²) in [6.07, 6.45) is 0.255. The Bertz CT molecular complexity index is 1650. The molecule has 230 valence electrons. The molecule has 0 heterocycles. The predicted octanol–water partition coefficient (Wildman–Crippen LogP) is 6.26. The molecule has 1 N–H and O–H groups in total. The van der Waals surface area contributed by atoms with Crippen molar-refractivity contribution in [3.63, 3.8) is 0 Å². The first-order valence-corrected chi connectivity index (χ1v) is 16.4. The van der Waals surface area contributed by atoms with E-state index in [-0.39, 0.29) is 35.4 Å². The van der Waals surface area contributed by atoms with Crippen LogP contribution in [0, 0.1) is 12.8 Å². The lowest BCUT2D eigenvalue weighted by molar-refractivity contribution is -0.140. The number of benzene rings is 4. The molecule has 0 aliphatic rings. The average Bonchev–Trinajstić information content (AvgIpc) is 3.03. The van der Waals surface area contributed by atoms with Crippen LogP contribution in [0.15, 0.2) is 114 Å². The lowest BCUT2D eigenvalue weighted by Crippen LogP contribution is -2.53. The molecule has 0 spiro atoms. The minimum atomic E-state index is -4.18. The Hall–Kier alpha value is -4.14. The molecule has 0 aliphatic heterocycles. The van der Waals surface area contributed by atoms with Crippen molar-refractivity contribution in [2.75, 3.05) is 17.4 Å². The molecule has 0 aromatic heterocycles. The molecule has 9 heteroatoms. The summed E-state index contributed by atoms with van der Waals surface area (Å²) in [5.74, 6) is -0.624. The highest BCUT2D eigenvalue weighted by Gasteiger charge is 2.34. The van der Waals surface area contributed by atoms with Crippen molar-refractivity contribution >= 4 is 39.1 Å². The number of aryl methyl sites for hydroxylation is 1. The number of amides is 2. The molecular weight excluding hydrogens is 594 g/mol. The maximum absolute atomic E-state index is 14.4. The Morgan fingerprint density at radius 3 is 1.95 bits per heavy atom. The zero-order valence-electron chi connectivity index (χ0n) is 25.2. The first-order valence-electron chi connectivity index (χ1n) is 14.5. The Balaban J connectivity index is 1.79. The molecule has 0 bridgehead atoms. The summed E-state index contributed by atoms with van der Waals surface area (Å²) in [7, 11) is -4.18. The van der Waals surface area contributed by atoms with Gasteiger partial charge in [-0.05, 0) is 53.8 Å². The molecule has 7 nitrogen and oxygen atoms in total. The van der Waals surface area contributed by atoms with Crippen LogP contribution >= 0.6 is 11.6 Å². The van der Waals surface area contributed by atoms with Gasteiger partial charge in [0.1, 0.15) is 12.6 Å². The zero-order valence-corrected chi connectivity index (χ0v) is 26.8. The van der Waals surface area contributed by atoms with Gasteiger partial charge in [-0.25, -0.2) is 8.42 Å². The number of halogens is 1. The molecule has 44 heavy (non-hydrogen) atoms. The van der Waals surface area contributed by atoms with Gasteiger partial charge in [0.25, 0.3) is 10.0 Å². The van der Waals surface area contributed by atoms with Crippen molar-refractivity contribution < 1.29 is 18.0 Å². The topological polar surface area (TPSA) is 86.8 Å². The minimum Gasteiger partial charge on any atom is -0.354 e. The van der Waals surface area contributed by atoms with Gasteiger partial charge in [0, 0.05) is 24.5 Å². The average molecular weight is 632 g/mol. The monoisotopic (exact) mass is 631 g/mol. The van der Waals surface area contributed by atoms with Crippen LogP contribution in [0.3, 0.4) is 0 Å². The van der Waals surface area contributed by atoms with Gasteiger partial charge < -0.3 is 10.2 Å². The fraction of sp³-hybridized carbons (Fsp3) is 0.257. The second kappa shape index (κ2) is 15.0. The fourth-order valence-corrected chi connectivity index (χ4v) is 6.34. The fourth-order valence-electron chi connectivity index (χ4n) is 4.74. The number of hydrogen-bond acceptors (Lipinski definition) is 4. The summed E-state index contributed by atoms with van der Waals surface area (Å²) in [6, 6.07) is 30.8. The van der Waals surface area contributed by atoms with Crippen molar-refractivity contribution in [2.45, 2.75) is 44.7 Å².